The molecule has 0 unspecified atom stereocenters. The zero-order chi connectivity index (χ0) is 15.2. The molecule has 0 atom stereocenters. The average Bonchev–Trinajstić information content (AvgIpc) is 2.42. The molecule has 2 N–H and O–H groups in total. The van der Waals surface area contributed by atoms with Gasteiger partial charge in [-0.3, -0.25) is 0 Å². The molecule has 0 amide bonds. The lowest BCUT2D eigenvalue weighted by molar-refractivity contribution is 0.278. The number of fused-ring (bicyclic) bond motifs is 1. The molecular weight excluding hydrogens is 328 g/mol. The number of aryl methyl sites for hydroxylation is 1. The quantitative estimate of drug-likeness (QED) is 0.848. The highest BCUT2D eigenvalue weighted by molar-refractivity contribution is 9.10. The van der Waals surface area contributed by atoms with Crippen LogP contribution in [0, 0.1) is 12.3 Å². The number of nitrogens with zero attached hydrogens (tertiary/aromatic N) is 3. The van der Waals surface area contributed by atoms with Gasteiger partial charge < -0.3 is 10.6 Å². The molecule has 2 heterocycles. The third kappa shape index (κ3) is 2.71. The van der Waals surface area contributed by atoms with Gasteiger partial charge in [-0.1, -0.05) is 19.9 Å². The van der Waals surface area contributed by atoms with Gasteiger partial charge in [-0.05, 0) is 52.7 Å². The Morgan fingerprint density at radius 1 is 1.19 bits per heavy atom. The Morgan fingerprint density at radius 2 is 1.86 bits per heavy atom. The Labute approximate surface area is 133 Å². The number of piperidine rings is 1. The largest absolute Gasteiger partial charge is 0.383 e. The van der Waals surface area contributed by atoms with E-state index >= 15 is 0 Å². The molecule has 1 fully saturated rings. The molecule has 1 saturated heterocycles. The lowest BCUT2D eigenvalue weighted by Crippen LogP contribution is -2.38. The number of aromatic nitrogens is 2. The molecule has 0 bridgehead atoms. The number of anilines is 2. The Morgan fingerprint density at radius 3 is 2.52 bits per heavy atom. The maximum atomic E-state index is 6.18. The van der Waals surface area contributed by atoms with E-state index in [0.29, 0.717) is 11.2 Å². The summed E-state index contributed by atoms with van der Waals surface area (Å²) in [6, 6.07) is 4.08. The van der Waals surface area contributed by atoms with Gasteiger partial charge in [0.15, 0.2) is 0 Å². The van der Waals surface area contributed by atoms with Gasteiger partial charge in [0.1, 0.15) is 5.82 Å². The number of nitrogen functional groups attached to an aromatic ring is 1. The van der Waals surface area contributed by atoms with Crippen molar-refractivity contribution in [3.63, 3.8) is 0 Å². The van der Waals surface area contributed by atoms with Crippen molar-refractivity contribution in [2.45, 2.75) is 33.6 Å². The van der Waals surface area contributed by atoms with E-state index in [1.165, 1.54) is 0 Å². The molecular formula is C16H21BrN4. The van der Waals surface area contributed by atoms with Gasteiger partial charge >= 0.3 is 0 Å². The number of hydrogen-bond acceptors (Lipinski definition) is 4. The maximum Gasteiger partial charge on any atom is 0.227 e. The van der Waals surface area contributed by atoms with E-state index in [1.807, 2.05) is 13.0 Å². The zero-order valence-electron chi connectivity index (χ0n) is 12.8. The first-order valence-electron chi connectivity index (χ1n) is 7.35. The summed E-state index contributed by atoms with van der Waals surface area (Å²) in [6.07, 6.45) is 2.32. The van der Waals surface area contributed by atoms with Gasteiger partial charge in [0.2, 0.25) is 5.95 Å². The van der Waals surface area contributed by atoms with E-state index < -0.39 is 0 Å². The van der Waals surface area contributed by atoms with E-state index in [-0.39, 0.29) is 0 Å². The van der Waals surface area contributed by atoms with E-state index in [1.54, 1.807) is 0 Å². The number of benzene rings is 1. The van der Waals surface area contributed by atoms with Gasteiger partial charge in [-0.2, -0.15) is 4.98 Å². The number of hydrogen-bond donors (Lipinski definition) is 1. The summed E-state index contributed by atoms with van der Waals surface area (Å²) in [6.45, 7) is 8.67. The third-order valence-corrected chi connectivity index (χ3v) is 5.43. The van der Waals surface area contributed by atoms with Crippen LogP contribution in [-0.4, -0.2) is 23.1 Å². The predicted molar refractivity (Wildman–Crippen MR) is 91.6 cm³/mol. The Hall–Kier alpha value is -1.36. The zero-order valence-corrected chi connectivity index (χ0v) is 14.4. The minimum Gasteiger partial charge on any atom is -0.383 e. The molecule has 1 aliphatic rings. The second-order valence-corrected chi connectivity index (χ2v) is 7.44. The first-order valence-corrected chi connectivity index (χ1v) is 8.14. The summed E-state index contributed by atoms with van der Waals surface area (Å²) in [5, 5.41) is 0.913. The molecule has 4 nitrogen and oxygen atoms in total. The van der Waals surface area contributed by atoms with E-state index in [9.17, 15) is 0 Å². The molecule has 3 rings (SSSR count). The fraction of sp³-hybridized carbons (Fsp3) is 0.500. The highest BCUT2D eigenvalue weighted by Gasteiger charge is 2.27. The summed E-state index contributed by atoms with van der Waals surface area (Å²) >= 11 is 3.59. The van der Waals surface area contributed by atoms with Crippen LogP contribution in [0.2, 0.25) is 0 Å². The fourth-order valence-electron chi connectivity index (χ4n) is 2.76. The smallest absolute Gasteiger partial charge is 0.227 e. The summed E-state index contributed by atoms with van der Waals surface area (Å²) in [5.41, 5.74) is 8.64. The van der Waals surface area contributed by atoms with Gasteiger partial charge in [-0.15, -0.1) is 0 Å². The summed E-state index contributed by atoms with van der Waals surface area (Å²) < 4.78 is 0.990. The second-order valence-electron chi connectivity index (χ2n) is 6.65. The van der Waals surface area contributed by atoms with Crippen LogP contribution in [0.25, 0.3) is 10.9 Å². The molecule has 0 saturated carbocycles. The summed E-state index contributed by atoms with van der Waals surface area (Å²) in [7, 11) is 0. The third-order valence-electron chi connectivity index (χ3n) is 4.41. The van der Waals surface area contributed by atoms with Crippen molar-refractivity contribution in [3.8, 4) is 0 Å². The first kappa shape index (κ1) is 14.6. The fourth-order valence-corrected chi connectivity index (χ4v) is 3.30. The SMILES string of the molecule is Cc1ccc2nc(N3CCC(C)(C)CC3)nc(N)c2c1Br. The van der Waals surface area contributed by atoms with Gasteiger partial charge in [0.05, 0.1) is 10.9 Å². The molecule has 5 heteroatoms. The minimum absolute atomic E-state index is 0.416. The molecule has 21 heavy (non-hydrogen) atoms. The van der Waals surface area contributed by atoms with Crippen LogP contribution in [0.3, 0.4) is 0 Å². The molecule has 1 aliphatic heterocycles. The predicted octanol–water partition coefficient (Wildman–Crippen LogP) is 3.91. The van der Waals surface area contributed by atoms with Crippen LogP contribution in [0.5, 0.6) is 0 Å². The van der Waals surface area contributed by atoms with Crippen LogP contribution in [0.15, 0.2) is 16.6 Å². The molecule has 0 radical (unpaired) electrons. The van der Waals surface area contributed by atoms with Gasteiger partial charge in [0, 0.05) is 17.6 Å². The summed E-state index contributed by atoms with van der Waals surface area (Å²) in [4.78, 5) is 11.5. The molecule has 0 spiro atoms. The summed E-state index contributed by atoms with van der Waals surface area (Å²) in [5.74, 6) is 1.31. The van der Waals surface area contributed by atoms with Crippen LogP contribution in [0.4, 0.5) is 11.8 Å². The monoisotopic (exact) mass is 348 g/mol. The van der Waals surface area contributed by atoms with E-state index in [0.717, 1.165) is 52.8 Å². The number of rotatable bonds is 1. The van der Waals surface area contributed by atoms with Crippen molar-refractivity contribution in [2.75, 3.05) is 23.7 Å². The van der Waals surface area contributed by atoms with Crippen LogP contribution >= 0.6 is 15.9 Å². The number of nitrogens with two attached hydrogens (primary N) is 1. The van der Waals surface area contributed by atoms with Crippen LogP contribution < -0.4 is 10.6 Å². The van der Waals surface area contributed by atoms with E-state index in [4.69, 9.17) is 10.7 Å². The molecule has 1 aromatic heterocycles. The van der Waals surface area contributed by atoms with Crippen molar-refractivity contribution < 1.29 is 0 Å². The first-order chi connectivity index (χ1) is 9.87. The second kappa shape index (κ2) is 5.13. The van der Waals surface area contributed by atoms with Crippen molar-refractivity contribution in [1.82, 2.24) is 9.97 Å². The van der Waals surface area contributed by atoms with Crippen LogP contribution in [0.1, 0.15) is 32.3 Å². The highest BCUT2D eigenvalue weighted by atomic mass is 79.9. The molecule has 2 aromatic rings. The highest BCUT2D eigenvalue weighted by Crippen LogP contribution is 2.34. The standard InChI is InChI=1S/C16H21BrN4/c1-10-4-5-11-12(13(10)17)14(18)20-15(19-11)21-8-6-16(2,3)7-9-21/h4-5H,6-9H2,1-3H3,(H2,18,19,20). The topological polar surface area (TPSA) is 55.0 Å². The molecule has 112 valence electrons. The Balaban J connectivity index is 2.00. The Bertz CT molecular complexity index is 686. The average molecular weight is 349 g/mol. The van der Waals surface area contributed by atoms with Crippen LogP contribution in [-0.2, 0) is 0 Å². The van der Waals surface area contributed by atoms with Crippen molar-refractivity contribution >= 4 is 38.6 Å². The van der Waals surface area contributed by atoms with Gasteiger partial charge in [0.25, 0.3) is 0 Å². The lowest BCUT2D eigenvalue weighted by atomic mass is 9.83. The Kier molecular flexibility index (Phi) is 3.56. The lowest BCUT2D eigenvalue weighted by Gasteiger charge is -2.37. The van der Waals surface area contributed by atoms with E-state index in [2.05, 4.69) is 45.7 Å². The maximum absolute atomic E-state index is 6.18. The molecule has 0 aliphatic carbocycles. The number of halogens is 1. The van der Waals surface area contributed by atoms with Crippen molar-refractivity contribution in [1.29, 1.82) is 0 Å². The van der Waals surface area contributed by atoms with Gasteiger partial charge in [-0.25, -0.2) is 4.98 Å². The minimum atomic E-state index is 0.416. The normalized spacial score (nSPS) is 18.2. The van der Waals surface area contributed by atoms with Crippen molar-refractivity contribution in [2.24, 2.45) is 5.41 Å². The van der Waals surface area contributed by atoms with Crippen molar-refractivity contribution in [3.05, 3.63) is 22.2 Å². The molecule has 1 aromatic carbocycles.